The third-order valence-electron chi connectivity index (χ3n) is 5.99. The van der Waals surface area contributed by atoms with E-state index >= 15 is 0 Å². The Labute approximate surface area is 224 Å². The summed E-state index contributed by atoms with van der Waals surface area (Å²) in [6.45, 7) is 7.07. The van der Waals surface area contributed by atoms with E-state index in [1.54, 1.807) is 4.90 Å². The van der Waals surface area contributed by atoms with Crippen molar-refractivity contribution in [1.82, 2.24) is 9.62 Å². The zero-order valence-electron chi connectivity index (χ0n) is 22.2. The molecule has 9 heteroatoms. The summed E-state index contributed by atoms with van der Waals surface area (Å²) >= 11 is 0. The number of amides is 1. The number of nitrogens with one attached hydrogen (secondary N) is 1. The first-order valence-corrected chi connectivity index (χ1v) is 14.5. The highest BCUT2D eigenvalue weighted by Gasteiger charge is 2.27. The van der Waals surface area contributed by atoms with Crippen LogP contribution in [0.1, 0.15) is 44.7 Å². The molecule has 38 heavy (non-hydrogen) atoms. The van der Waals surface area contributed by atoms with E-state index in [0.717, 1.165) is 52.4 Å². The lowest BCUT2D eigenvalue weighted by atomic mass is 10.0. The highest BCUT2D eigenvalue weighted by molar-refractivity contribution is 7.88. The van der Waals surface area contributed by atoms with Crippen molar-refractivity contribution in [3.8, 4) is 11.8 Å². The monoisotopic (exact) mass is 536 g/mol. The summed E-state index contributed by atoms with van der Waals surface area (Å²) in [5.41, 5.74) is 1.96. The Morgan fingerprint density at radius 1 is 1.03 bits per heavy atom. The Morgan fingerprint density at radius 3 is 2.37 bits per heavy atom. The minimum absolute atomic E-state index is 0.0460. The van der Waals surface area contributed by atoms with E-state index in [1.165, 1.54) is 0 Å². The Bertz CT molecular complexity index is 1460. The van der Waals surface area contributed by atoms with Crippen LogP contribution in [-0.4, -0.2) is 50.5 Å². The Hall–Kier alpha value is -3.61. The van der Waals surface area contributed by atoms with Gasteiger partial charge in [-0.05, 0) is 72.3 Å². The van der Waals surface area contributed by atoms with Crippen LogP contribution >= 0.6 is 0 Å². The predicted octanol–water partition coefficient (Wildman–Crippen LogP) is 5.68. The summed E-state index contributed by atoms with van der Waals surface area (Å²) in [7, 11) is -3.25. The van der Waals surface area contributed by atoms with Crippen LogP contribution in [0.5, 0.6) is 5.75 Å². The number of ether oxygens (including phenoxy) is 2. The van der Waals surface area contributed by atoms with Gasteiger partial charge in [0.2, 0.25) is 10.0 Å². The van der Waals surface area contributed by atoms with Gasteiger partial charge < -0.3 is 14.4 Å². The first kappa shape index (κ1) is 27.4. The molecule has 1 saturated heterocycles. The zero-order chi connectivity index (χ0) is 27.3. The number of likely N-dealkylation sites (tertiary alicyclic amines) is 1. The van der Waals surface area contributed by atoms with Crippen molar-refractivity contribution in [2.45, 2.75) is 51.9 Å². The molecule has 0 spiro atoms. The average Bonchev–Trinajstić information content (AvgIpc) is 2.86. The minimum Gasteiger partial charge on any atom is -0.490 e. The molecule has 1 aliphatic rings. The van der Waals surface area contributed by atoms with Crippen LogP contribution in [0.15, 0.2) is 60.7 Å². The summed E-state index contributed by atoms with van der Waals surface area (Å²) in [5.74, 6) is 0.764. The quantitative estimate of drug-likeness (QED) is 0.453. The molecule has 0 bridgehead atoms. The second-order valence-electron chi connectivity index (χ2n) is 10.5. The van der Waals surface area contributed by atoms with Crippen LogP contribution < -0.4 is 9.46 Å². The fourth-order valence-corrected chi connectivity index (χ4v) is 4.52. The average molecular weight is 537 g/mol. The van der Waals surface area contributed by atoms with Crippen LogP contribution in [0, 0.1) is 6.07 Å². The molecule has 0 aliphatic carbocycles. The smallest absolute Gasteiger partial charge is 0.410 e. The van der Waals surface area contributed by atoms with Crippen molar-refractivity contribution >= 4 is 32.6 Å². The molecule has 3 aromatic carbocycles. The number of benzene rings is 3. The largest absolute Gasteiger partial charge is 0.490 e. The van der Waals surface area contributed by atoms with Gasteiger partial charge in [-0.2, -0.15) is 0 Å². The number of sulfonamides is 1. The predicted molar refractivity (Wildman–Crippen MR) is 150 cm³/mol. The van der Waals surface area contributed by atoms with Crippen molar-refractivity contribution in [2.24, 2.45) is 0 Å². The molecule has 1 fully saturated rings. The minimum atomic E-state index is -3.25. The molecule has 0 unspecified atom stereocenters. The highest BCUT2D eigenvalue weighted by atomic mass is 32.2. The molecule has 4 rings (SSSR count). The van der Waals surface area contributed by atoms with Crippen molar-refractivity contribution in [2.75, 3.05) is 19.3 Å². The van der Waals surface area contributed by atoms with Gasteiger partial charge in [0, 0.05) is 44.6 Å². The Balaban J connectivity index is 1.33. The van der Waals surface area contributed by atoms with Gasteiger partial charge in [-0.25, -0.2) is 17.9 Å². The van der Waals surface area contributed by atoms with E-state index in [9.17, 15) is 13.2 Å². The third-order valence-corrected chi connectivity index (χ3v) is 6.66. The Morgan fingerprint density at radius 2 is 1.71 bits per heavy atom. The Kier molecular flexibility index (Phi) is 8.24. The van der Waals surface area contributed by atoms with Gasteiger partial charge in [0.1, 0.15) is 23.0 Å². The molecular weight excluding hydrogens is 502 g/mol. The molecule has 0 aromatic heterocycles. The summed E-state index contributed by atoms with van der Waals surface area (Å²) in [6, 6.07) is 22.4. The zero-order valence-corrected chi connectivity index (χ0v) is 23.0. The third kappa shape index (κ3) is 8.20. The van der Waals surface area contributed by atoms with Crippen molar-refractivity contribution < 1.29 is 22.7 Å². The van der Waals surface area contributed by atoms with E-state index in [4.69, 9.17) is 9.47 Å². The summed E-state index contributed by atoms with van der Waals surface area (Å²) < 4.78 is 36.8. The summed E-state index contributed by atoms with van der Waals surface area (Å²) in [6.07, 6.45) is 2.42. The van der Waals surface area contributed by atoms with Crippen LogP contribution in [0.25, 0.3) is 15.6 Å². The maximum atomic E-state index is 12.2. The molecule has 0 radical (unpaired) electrons. The number of carbonyl (C=O) groups is 1. The highest BCUT2D eigenvalue weighted by Crippen LogP contribution is 2.24. The van der Waals surface area contributed by atoms with Crippen LogP contribution in [-0.2, 0) is 21.3 Å². The molecule has 200 valence electrons. The van der Waals surface area contributed by atoms with Gasteiger partial charge in [0.25, 0.3) is 0 Å². The van der Waals surface area contributed by atoms with Gasteiger partial charge in [-0.3, -0.25) is 0 Å². The maximum Gasteiger partial charge on any atom is 0.410 e. The van der Waals surface area contributed by atoms with Crippen LogP contribution in [0.2, 0.25) is 0 Å². The normalized spacial score (nSPS) is 14.6. The molecule has 3 aromatic rings. The van der Waals surface area contributed by atoms with Crippen LogP contribution in [0.4, 0.5) is 10.5 Å². The fraction of sp³-hybridized carbons (Fsp3) is 0.379. The van der Waals surface area contributed by atoms with Gasteiger partial charge in [-0.1, -0.05) is 18.2 Å². The molecule has 8 nitrogen and oxygen atoms in total. The lowest BCUT2D eigenvalue weighted by Crippen LogP contribution is -2.44. The topological polar surface area (TPSA) is 89.3 Å². The summed E-state index contributed by atoms with van der Waals surface area (Å²) in [5, 5.41) is 2.04. The second-order valence-corrected chi connectivity index (χ2v) is 12.3. The van der Waals surface area contributed by atoms with E-state index < -0.39 is 15.6 Å². The number of rotatable bonds is 5. The van der Waals surface area contributed by atoms with Gasteiger partial charge in [0.15, 0.2) is 0 Å². The molecule has 1 heterocycles. The lowest BCUT2D eigenvalue weighted by molar-refractivity contribution is 0.0126. The molecule has 0 atom stereocenters. The number of piperidine rings is 1. The molecule has 1 amide bonds. The van der Waals surface area contributed by atoms with Gasteiger partial charge in [0.05, 0.1) is 6.26 Å². The first-order valence-electron chi connectivity index (χ1n) is 12.6. The fourth-order valence-electron chi connectivity index (χ4n) is 4.09. The van der Waals surface area contributed by atoms with E-state index in [2.05, 4.69) is 15.6 Å². The van der Waals surface area contributed by atoms with Gasteiger partial charge >= 0.3 is 17.8 Å². The van der Waals surface area contributed by atoms with Crippen molar-refractivity contribution in [3.63, 3.8) is 0 Å². The maximum absolute atomic E-state index is 12.2. The van der Waals surface area contributed by atoms with E-state index in [1.807, 2.05) is 81.4 Å². The number of nitrogens with zero attached hydrogens (tertiary/aromatic N) is 2. The SMILES string of the molecule is CC(C)(C)OC(=O)N1CCC(Oc2ccc([N+]#Cc3ccc4ccc(CNS(C)(=O)=O)cc4c3)cc2)CC1. The van der Waals surface area contributed by atoms with Crippen molar-refractivity contribution in [3.05, 3.63) is 76.6 Å². The summed E-state index contributed by atoms with van der Waals surface area (Å²) in [4.78, 5) is 18.4. The molecule has 1 N–H and O–H groups in total. The van der Waals surface area contributed by atoms with Gasteiger partial charge in [-0.15, -0.1) is 0 Å². The van der Waals surface area contributed by atoms with E-state index in [0.29, 0.717) is 13.1 Å². The molecule has 0 saturated carbocycles. The molecular formula is C29H34N3O5S+. The van der Waals surface area contributed by atoms with Crippen molar-refractivity contribution in [1.29, 1.82) is 0 Å². The second kappa shape index (κ2) is 11.4. The number of carbonyl (C=O) groups excluding carboxylic acids is 1. The van der Waals surface area contributed by atoms with Crippen LogP contribution in [0.3, 0.4) is 0 Å². The molecule has 1 aliphatic heterocycles. The first-order chi connectivity index (χ1) is 17.9. The number of fused-ring (bicyclic) bond motifs is 1. The number of hydrogen-bond acceptors (Lipinski definition) is 5. The standard InChI is InChI=1S/C29H34N3O5S/c1-29(2,3)37-28(33)32-15-13-27(14-16-32)36-26-11-9-25(10-12-26)30-19-21-5-7-23-8-6-22(18-24(23)17-21)20-31-38(4,34)35/h5-12,17-18,27,31H,13-16,20H2,1-4H3/q+1. The van der Waals surface area contributed by atoms with E-state index in [-0.39, 0.29) is 18.7 Å². The lowest BCUT2D eigenvalue weighted by Gasteiger charge is -2.33. The number of hydrogen-bond donors (Lipinski definition) is 1.